The van der Waals surface area contributed by atoms with E-state index in [9.17, 15) is 0 Å². The van der Waals surface area contributed by atoms with Crippen LogP contribution in [0.15, 0.2) is 12.4 Å². The molecule has 1 heterocycles. The molecule has 2 nitrogen and oxygen atoms in total. The Morgan fingerprint density at radius 3 is 2.57 bits per heavy atom. The summed E-state index contributed by atoms with van der Waals surface area (Å²) in [4.78, 5) is 4.39. The summed E-state index contributed by atoms with van der Waals surface area (Å²) in [5.41, 5.74) is 0. The van der Waals surface area contributed by atoms with Crippen molar-refractivity contribution in [1.82, 2.24) is 9.55 Å². The minimum absolute atomic E-state index is 0.805. The first-order valence-electron chi connectivity index (χ1n) is 5.81. The fourth-order valence-corrected chi connectivity index (χ4v) is 1.78. The van der Waals surface area contributed by atoms with Crippen LogP contribution in [0.3, 0.4) is 0 Å². The first kappa shape index (κ1) is 11.3. The van der Waals surface area contributed by atoms with Crippen molar-refractivity contribution in [2.45, 2.75) is 53.0 Å². The van der Waals surface area contributed by atoms with Crippen molar-refractivity contribution >= 4 is 0 Å². The molecule has 0 radical (unpaired) electrons. The van der Waals surface area contributed by atoms with Gasteiger partial charge in [-0.25, -0.2) is 4.98 Å². The van der Waals surface area contributed by atoms with Crippen molar-refractivity contribution < 1.29 is 0 Å². The highest BCUT2D eigenvalue weighted by molar-refractivity contribution is 4.92. The van der Waals surface area contributed by atoms with Crippen LogP contribution >= 0.6 is 0 Å². The van der Waals surface area contributed by atoms with E-state index in [1.165, 1.54) is 25.1 Å². The molecule has 0 amide bonds. The van der Waals surface area contributed by atoms with Crippen LogP contribution in [0.4, 0.5) is 0 Å². The highest BCUT2D eigenvalue weighted by atomic mass is 15.1. The van der Waals surface area contributed by atoms with E-state index in [1.54, 1.807) is 0 Å². The van der Waals surface area contributed by atoms with E-state index in [-0.39, 0.29) is 0 Å². The van der Waals surface area contributed by atoms with Gasteiger partial charge in [-0.3, -0.25) is 0 Å². The highest BCUT2D eigenvalue weighted by Crippen LogP contribution is 2.12. The SMILES string of the molecule is CCCc1nccn1CC(CC)CC. The second-order valence-electron chi connectivity index (χ2n) is 3.93. The Morgan fingerprint density at radius 1 is 1.29 bits per heavy atom. The molecule has 0 atom stereocenters. The molecule has 0 bridgehead atoms. The van der Waals surface area contributed by atoms with Gasteiger partial charge in [0.2, 0.25) is 0 Å². The molecule has 80 valence electrons. The molecule has 0 unspecified atom stereocenters. The number of rotatable bonds is 6. The van der Waals surface area contributed by atoms with Gasteiger partial charge in [-0.1, -0.05) is 33.6 Å². The summed E-state index contributed by atoms with van der Waals surface area (Å²) in [5, 5.41) is 0. The molecule has 0 saturated carbocycles. The lowest BCUT2D eigenvalue weighted by molar-refractivity contribution is 0.410. The van der Waals surface area contributed by atoms with E-state index in [1.807, 2.05) is 6.20 Å². The average molecular weight is 194 g/mol. The maximum atomic E-state index is 4.39. The molecule has 0 aromatic carbocycles. The quantitative estimate of drug-likeness (QED) is 0.679. The maximum absolute atomic E-state index is 4.39. The van der Waals surface area contributed by atoms with Crippen LogP contribution in [0.1, 0.15) is 45.9 Å². The highest BCUT2D eigenvalue weighted by Gasteiger charge is 2.07. The zero-order chi connectivity index (χ0) is 10.4. The van der Waals surface area contributed by atoms with Gasteiger partial charge in [0, 0.05) is 25.4 Å². The van der Waals surface area contributed by atoms with Gasteiger partial charge < -0.3 is 4.57 Å². The summed E-state index contributed by atoms with van der Waals surface area (Å²) in [5.74, 6) is 2.05. The molecule has 0 spiro atoms. The van der Waals surface area contributed by atoms with Gasteiger partial charge in [-0.15, -0.1) is 0 Å². The zero-order valence-electron chi connectivity index (χ0n) is 9.66. The van der Waals surface area contributed by atoms with Crippen molar-refractivity contribution in [3.05, 3.63) is 18.2 Å². The largest absolute Gasteiger partial charge is 0.335 e. The molecule has 2 heteroatoms. The maximum Gasteiger partial charge on any atom is 0.108 e. The number of hydrogen-bond acceptors (Lipinski definition) is 1. The first-order valence-corrected chi connectivity index (χ1v) is 5.81. The summed E-state index contributed by atoms with van der Waals surface area (Å²) in [6.45, 7) is 7.88. The van der Waals surface area contributed by atoms with Crippen molar-refractivity contribution in [2.24, 2.45) is 5.92 Å². The molecule has 0 N–H and O–H groups in total. The van der Waals surface area contributed by atoms with Crippen molar-refractivity contribution in [1.29, 1.82) is 0 Å². The molecule has 0 aliphatic rings. The standard InChI is InChI=1S/C12H22N2/c1-4-7-12-13-8-9-14(12)10-11(5-2)6-3/h8-9,11H,4-7,10H2,1-3H3. The summed E-state index contributed by atoms with van der Waals surface area (Å²) < 4.78 is 2.32. The third kappa shape index (κ3) is 2.86. The number of imidazole rings is 1. The Morgan fingerprint density at radius 2 is 2.00 bits per heavy atom. The molecular weight excluding hydrogens is 172 g/mol. The van der Waals surface area contributed by atoms with Crippen LogP contribution < -0.4 is 0 Å². The van der Waals surface area contributed by atoms with E-state index < -0.39 is 0 Å². The van der Waals surface area contributed by atoms with Gasteiger partial charge in [0.15, 0.2) is 0 Å². The lowest BCUT2D eigenvalue weighted by atomic mass is 10.0. The smallest absolute Gasteiger partial charge is 0.108 e. The lowest BCUT2D eigenvalue weighted by Crippen LogP contribution is -2.11. The fraction of sp³-hybridized carbons (Fsp3) is 0.750. The number of nitrogens with zero attached hydrogens (tertiary/aromatic N) is 2. The van der Waals surface area contributed by atoms with Crippen LogP contribution in [0.25, 0.3) is 0 Å². The van der Waals surface area contributed by atoms with E-state index in [4.69, 9.17) is 0 Å². The minimum atomic E-state index is 0.805. The normalized spacial score (nSPS) is 11.1. The molecule has 0 aliphatic carbocycles. The topological polar surface area (TPSA) is 17.8 Å². The summed E-state index contributed by atoms with van der Waals surface area (Å²) >= 11 is 0. The Kier molecular flexibility index (Phi) is 4.71. The first-order chi connectivity index (χ1) is 6.81. The molecule has 0 fully saturated rings. The van der Waals surface area contributed by atoms with E-state index >= 15 is 0 Å². The van der Waals surface area contributed by atoms with Crippen LogP contribution in [-0.4, -0.2) is 9.55 Å². The molecule has 0 saturated heterocycles. The Hall–Kier alpha value is -0.790. The fourth-order valence-electron chi connectivity index (χ4n) is 1.78. The van der Waals surface area contributed by atoms with Crippen molar-refractivity contribution in [3.8, 4) is 0 Å². The molecule has 1 aromatic rings. The molecule has 1 aromatic heterocycles. The van der Waals surface area contributed by atoms with E-state index in [2.05, 4.69) is 36.5 Å². The third-order valence-corrected chi connectivity index (χ3v) is 2.88. The van der Waals surface area contributed by atoms with Gasteiger partial charge in [0.25, 0.3) is 0 Å². The van der Waals surface area contributed by atoms with Gasteiger partial charge >= 0.3 is 0 Å². The van der Waals surface area contributed by atoms with Crippen LogP contribution in [0, 0.1) is 5.92 Å². The number of aryl methyl sites for hydroxylation is 1. The second-order valence-corrected chi connectivity index (χ2v) is 3.93. The number of aromatic nitrogens is 2. The van der Waals surface area contributed by atoms with Gasteiger partial charge in [0.1, 0.15) is 5.82 Å². The molecule has 14 heavy (non-hydrogen) atoms. The predicted octanol–water partition coefficient (Wildman–Crippen LogP) is 3.27. The zero-order valence-corrected chi connectivity index (χ0v) is 9.66. The second kappa shape index (κ2) is 5.84. The summed E-state index contributed by atoms with van der Waals surface area (Å²) in [6, 6.07) is 0. The molecular formula is C12H22N2. The Bertz CT molecular complexity index is 249. The van der Waals surface area contributed by atoms with Gasteiger partial charge in [-0.2, -0.15) is 0 Å². The average Bonchev–Trinajstić information content (AvgIpc) is 2.62. The van der Waals surface area contributed by atoms with Crippen LogP contribution in [0.2, 0.25) is 0 Å². The Balaban J connectivity index is 2.60. The third-order valence-electron chi connectivity index (χ3n) is 2.88. The van der Waals surface area contributed by atoms with Gasteiger partial charge in [0.05, 0.1) is 0 Å². The lowest BCUT2D eigenvalue weighted by Gasteiger charge is -2.14. The van der Waals surface area contributed by atoms with E-state index in [0.717, 1.165) is 18.9 Å². The van der Waals surface area contributed by atoms with E-state index in [0.29, 0.717) is 0 Å². The Labute approximate surface area is 87.4 Å². The van der Waals surface area contributed by atoms with Crippen molar-refractivity contribution in [3.63, 3.8) is 0 Å². The number of hydrogen-bond donors (Lipinski definition) is 0. The van der Waals surface area contributed by atoms with Crippen LogP contribution in [0.5, 0.6) is 0 Å². The summed E-state index contributed by atoms with van der Waals surface area (Å²) in [6.07, 6.45) is 8.85. The monoisotopic (exact) mass is 194 g/mol. The predicted molar refractivity (Wildman–Crippen MR) is 60.3 cm³/mol. The van der Waals surface area contributed by atoms with Crippen LogP contribution in [-0.2, 0) is 13.0 Å². The van der Waals surface area contributed by atoms with Crippen molar-refractivity contribution in [2.75, 3.05) is 0 Å². The molecule has 0 aliphatic heterocycles. The van der Waals surface area contributed by atoms with Gasteiger partial charge in [-0.05, 0) is 12.3 Å². The summed E-state index contributed by atoms with van der Waals surface area (Å²) in [7, 11) is 0. The molecule has 1 rings (SSSR count). The minimum Gasteiger partial charge on any atom is -0.335 e.